The van der Waals surface area contributed by atoms with Crippen molar-refractivity contribution >= 4 is 5.52 Å². The lowest BCUT2D eigenvalue weighted by Crippen LogP contribution is -2.26. The van der Waals surface area contributed by atoms with Gasteiger partial charge in [-0.2, -0.15) is 0 Å². The van der Waals surface area contributed by atoms with E-state index in [2.05, 4.69) is 18.3 Å². The molecular formula is C13H17FN2. The van der Waals surface area contributed by atoms with Crippen molar-refractivity contribution < 1.29 is 4.39 Å². The average Bonchev–Trinajstić information content (AvgIpc) is 2.68. The zero-order chi connectivity index (χ0) is 11.5. The lowest BCUT2D eigenvalue weighted by molar-refractivity contribution is 0.544. The molecule has 0 aliphatic rings. The van der Waals surface area contributed by atoms with Crippen LogP contribution in [0.25, 0.3) is 5.52 Å². The molecule has 0 amide bonds. The largest absolute Gasteiger partial charge is 0.323 e. The minimum absolute atomic E-state index is 0.176. The summed E-state index contributed by atoms with van der Waals surface area (Å²) in [4.78, 5) is 0. The van der Waals surface area contributed by atoms with E-state index in [1.807, 2.05) is 17.6 Å². The van der Waals surface area contributed by atoms with Crippen LogP contribution in [0, 0.1) is 5.82 Å². The number of fused-ring (bicyclic) bond motifs is 1. The molecule has 2 aromatic heterocycles. The van der Waals surface area contributed by atoms with Gasteiger partial charge in [0, 0.05) is 18.4 Å². The van der Waals surface area contributed by atoms with Crippen molar-refractivity contribution in [3.05, 3.63) is 42.0 Å². The number of nitrogens with one attached hydrogen (secondary N) is 1. The van der Waals surface area contributed by atoms with Crippen LogP contribution in [0.3, 0.4) is 0 Å². The summed E-state index contributed by atoms with van der Waals surface area (Å²) in [6.07, 6.45) is 5.75. The first kappa shape index (κ1) is 11.1. The predicted octanol–water partition coefficient (Wildman–Crippen LogP) is 2.62. The summed E-state index contributed by atoms with van der Waals surface area (Å²) in [6.45, 7) is 2.15. The van der Waals surface area contributed by atoms with Crippen molar-refractivity contribution in [3.8, 4) is 0 Å². The average molecular weight is 220 g/mol. The van der Waals surface area contributed by atoms with Crippen LogP contribution in [0.5, 0.6) is 0 Å². The highest BCUT2D eigenvalue weighted by atomic mass is 19.1. The topological polar surface area (TPSA) is 16.4 Å². The van der Waals surface area contributed by atoms with Crippen molar-refractivity contribution in [2.24, 2.45) is 0 Å². The van der Waals surface area contributed by atoms with E-state index in [0.717, 1.165) is 18.4 Å². The Morgan fingerprint density at radius 3 is 2.81 bits per heavy atom. The predicted molar refractivity (Wildman–Crippen MR) is 64.2 cm³/mol. The smallest absolute Gasteiger partial charge is 0.126 e. The fourth-order valence-electron chi connectivity index (χ4n) is 2.02. The molecule has 2 nitrogen and oxygen atoms in total. The third-order valence-electron chi connectivity index (χ3n) is 3.08. The summed E-state index contributed by atoms with van der Waals surface area (Å²) in [5, 5.41) is 3.27. The third-order valence-corrected chi connectivity index (χ3v) is 3.08. The molecule has 1 unspecified atom stereocenters. The van der Waals surface area contributed by atoms with Crippen LogP contribution in [0.15, 0.2) is 30.6 Å². The molecule has 0 aliphatic carbocycles. The normalized spacial score (nSPS) is 13.2. The molecule has 0 bridgehead atoms. The van der Waals surface area contributed by atoms with Crippen molar-refractivity contribution in [2.75, 3.05) is 7.05 Å². The molecule has 0 saturated carbocycles. The lowest BCUT2D eigenvalue weighted by Gasteiger charge is -2.12. The first-order valence-corrected chi connectivity index (χ1v) is 5.67. The molecule has 0 aromatic carbocycles. The van der Waals surface area contributed by atoms with Gasteiger partial charge in [0.15, 0.2) is 0 Å². The number of likely N-dealkylation sites (N-methyl/N-ethyl adjacent to an activating group) is 1. The molecule has 1 atom stereocenters. The quantitative estimate of drug-likeness (QED) is 0.837. The molecule has 2 aromatic rings. The SMILES string of the molecule is CCC(Cc1ccn2ccc(F)cc12)NC. The van der Waals surface area contributed by atoms with Gasteiger partial charge >= 0.3 is 0 Å². The van der Waals surface area contributed by atoms with Gasteiger partial charge in [-0.3, -0.25) is 0 Å². The molecule has 3 heteroatoms. The van der Waals surface area contributed by atoms with Crippen LogP contribution >= 0.6 is 0 Å². The van der Waals surface area contributed by atoms with Gasteiger partial charge in [-0.05, 0) is 43.7 Å². The number of hydrogen-bond acceptors (Lipinski definition) is 1. The molecule has 86 valence electrons. The molecule has 2 heterocycles. The third kappa shape index (κ3) is 2.09. The van der Waals surface area contributed by atoms with Crippen molar-refractivity contribution in [3.63, 3.8) is 0 Å². The zero-order valence-corrected chi connectivity index (χ0v) is 9.70. The minimum Gasteiger partial charge on any atom is -0.323 e. The summed E-state index contributed by atoms with van der Waals surface area (Å²) in [5.41, 5.74) is 2.16. The summed E-state index contributed by atoms with van der Waals surface area (Å²) in [7, 11) is 1.97. The first-order chi connectivity index (χ1) is 7.74. The summed E-state index contributed by atoms with van der Waals surface area (Å²) in [6, 6.07) is 5.59. The van der Waals surface area contributed by atoms with E-state index in [9.17, 15) is 4.39 Å². The van der Waals surface area contributed by atoms with Crippen molar-refractivity contribution in [1.29, 1.82) is 0 Å². The van der Waals surface area contributed by atoms with E-state index in [-0.39, 0.29) is 5.82 Å². The monoisotopic (exact) mass is 220 g/mol. The maximum Gasteiger partial charge on any atom is 0.126 e. The van der Waals surface area contributed by atoms with E-state index in [1.165, 1.54) is 11.6 Å². The molecular weight excluding hydrogens is 203 g/mol. The summed E-state index contributed by atoms with van der Waals surface area (Å²) in [5.74, 6) is -0.176. The van der Waals surface area contributed by atoms with Gasteiger partial charge in [-0.1, -0.05) is 6.92 Å². The molecule has 2 rings (SSSR count). The zero-order valence-electron chi connectivity index (χ0n) is 9.70. The number of aromatic nitrogens is 1. The van der Waals surface area contributed by atoms with Gasteiger partial charge in [0.05, 0.1) is 5.52 Å². The fourth-order valence-corrected chi connectivity index (χ4v) is 2.02. The number of halogens is 1. The number of rotatable bonds is 4. The van der Waals surface area contributed by atoms with Crippen molar-refractivity contribution in [1.82, 2.24) is 9.72 Å². The Hall–Kier alpha value is -1.35. The van der Waals surface area contributed by atoms with E-state index in [0.29, 0.717) is 6.04 Å². The second kappa shape index (κ2) is 4.66. The van der Waals surface area contributed by atoms with Crippen molar-refractivity contribution in [2.45, 2.75) is 25.8 Å². The number of nitrogens with zero attached hydrogens (tertiary/aromatic N) is 1. The first-order valence-electron chi connectivity index (χ1n) is 5.67. The second-order valence-corrected chi connectivity index (χ2v) is 4.08. The molecule has 0 fully saturated rings. The minimum atomic E-state index is -0.176. The fraction of sp³-hybridized carbons (Fsp3) is 0.385. The molecule has 16 heavy (non-hydrogen) atoms. The van der Waals surface area contributed by atoms with Crippen LogP contribution in [0.2, 0.25) is 0 Å². The Bertz CT molecular complexity index is 472. The van der Waals surface area contributed by atoms with Gasteiger partial charge in [0.2, 0.25) is 0 Å². The van der Waals surface area contributed by atoms with E-state index in [1.54, 1.807) is 12.3 Å². The van der Waals surface area contributed by atoms with Crippen LogP contribution in [0.1, 0.15) is 18.9 Å². The Labute approximate surface area is 95.1 Å². The van der Waals surface area contributed by atoms with Gasteiger partial charge in [0.25, 0.3) is 0 Å². The van der Waals surface area contributed by atoms with E-state index >= 15 is 0 Å². The highest BCUT2D eigenvalue weighted by Gasteiger charge is 2.09. The standard InChI is InChI=1S/C13H17FN2/c1-3-12(15-2)8-10-4-6-16-7-5-11(14)9-13(10)16/h4-7,9,12,15H,3,8H2,1-2H3. The van der Waals surface area contributed by atoms with Gasteiger partial charge in [-0.25, -0.2) is 4.39 Å². The van der Waals surface area contributed by atoms with Gasteiger partial charge in [0.1, 0.15) is 5.82 Å². The Kier molecular flexibility index (Phi) is 3.25. The van der Waals surface area contributed by atoms with Crippen LogP contribution in [-0.2, 0) is 6.42 Å². The van der Waals surface area contributed by atoms with Crippen LogP contribution in [0.4, 0.5) is 4.39 Å². The number of hydrogen-bond donors (Lipinski definition) is 1. The second-order valence-electron chi connectivity index (χ2n) is 4.08. The Balaban J connectivity index is 2.33. The molecule has 0 aliphatic heterocycles. The van der Waals surface area contributed by atoms with Gasteiger partial charge < -0.3 is 9.72 Å². The molecule has 1 N–H and O–H groups in total. The van der Waals surface area contributed by atoms with Crippen LogP contribution in [-0.4, -0.2) is 17.5 Å². The van der Waals surface area contributed by atoms with E-state index < -0.39 is 0 Å². The number of pyridine rings is 1. The van der Waals surface area contributed by atoms with Gasteiger partial charge in [-0.15, -0.1) is 0 Å². The Morgan fingerprint density at radius 2 is 2.12 bits per heavy atom. The summed E-state index contributed by atoms with van der Waals surface area (Å²) < 4.78 is 15.1. The molecule has 0 saturated heterocycles. The maximum absolute atomic E-state index is 13.2. The molecule has 0 spiro atoms. The molecule has 0 radical (unpaired) electrons. The van der Waals surface area contributed by atoms with Crippen LogP contribution < -0.4 is 5.32 Å². The Morgan fingerprint density at radius 1 is 1.38 bits per heavy atom. The highest BCUT2D eigenvalue weighted by molar-refractivity contribution is 5.56. The maximum atomic E-state index is 13.2. The highest BCUT2D eigenvalue weighted by Crippen LogP contribution is 2.16. The summed E-state index contributed by atoms with van der Waals surface area (Å²) >= 11 is 0. The lowest BCUT2D eigenvalue weighted by atomic mass is 10.1. The van der Waals surface area contributed by atoms with E-state index in [4.69, 9.17) is 0 Å².